The second-order valence-electron chi connectivity index (χ2n) is 4.84. The van der Waals surface area contributed by atoms with Gasteiger partial charge in [-0.2, -0.15) is 0 Å². The van der Waals surface area contributed by atoms with Gasteiger partial charge < -0.3 is 10.8 Å². The number of aliphatic hydroxyl groups is 1. The molecule has 0 bridgehead atoms. The van der Waals surface area contributed by atoms with E-state index >= 15 is 0 Å². The summed E-state index contributed by atoms with van der Waals surface area (Å²) in [6, 6.07) is 17.1. The highest BCUT2D eigenvalue weighted by Crippen LogP contribution is 2.12. The number of hydrogen-bond acceptors (Lipinski definition) is 2. The smallest absolute Gasteiger partial charge is 0.0434 e. The van der Waals surface area contributed by atoms with E-state index in [-0.39, 0.29) is 6.61 Å². The average molecular weight is 255 g/mol. The molecule has 0 amide bonds. The van der Waals surface area contributed by atoms with E-state index in [2.05, 4.69) is 48.5 Å². The minimum absolute atomic E-state index is 0.259. The van der Waals surface area contributed by atoms with Crippen LogP contribution < -0.4 is 5.73 Å². The van der Waals surface area contributed by atoms with E-state index < -0.39 is 0 Å². The van der Waals surface area contributed by atoms with Crippen molar-refractivity contribution in [1.29, 1.82) is 0 Å². The molecule has 0 atom stereocenters. The summed E-state index contributed by atoms with van der Waals surface area (Å²) in [4.78, 5) is 0. The van der Waals surface area contributed by atoms with Crippen LogP contribution in [0.2, 0.25) is 0 Å². The summed E-state index contributed by atoms with van der Waals surface area (Å²) in [6.07, 6.45) is 2.73. The number of aliphatic hydroxyl groups excluding tert-OH is 1. The molecule has 0 spiro atoms. The van der Waals surface area contributed by atoms with E-state index in [1.165, 1.54) is 22.3 Å². The van der Waals surface area contributed by atoms with Gasteiger partial charge in [0.1, 0.15) is 0 Å². The Hall–Kier alpha value is -1.64. The predicted molar refractivity (Wildman–Crippen MR) is 79.0 cm³/mol. The van der Waals surface area contributed by atoms with Crippen LogP contribution in [-0.2, 0) is 19.4 Å². The highest BCUT2D eigenvalue weighted by molar-refractivity contribution is 5.30. The summed E-state index contributed by atoms with van der Waals surface area (Å²) in [5.41, 5.74) is 10.7. The van der Waals surface area contributed by atoms with Crippen LogP contribution in [0.15, 0.2) is 48.5 Å². The minimum atomic E-state index is 0.259. The molecule has 0 saturated heterocycles. The summed E-state index contributed by atoms with van der Waals surface area (Å²) in [5, 5.41) is 8.81. The molecule has 2 heteroatoms. The van der Waals surface area contributed by atoms with Crippen LogP contribution in [0.4, 0.5) is 0 Å². The Labute approximate surface area is 114 Å². The van der Waals surface area contributed by atoms with E-state index in [0.29, 0.717) is 6.54 Å². The van der Waals surface area contributed by atoms with Gasteiger partial charge in [-0.05, 0) is 41.5 Å². The molecule has 0 fully saturated rings. The molecule has 0 heterocycles. The molecule has 2 aromatic carbocycles. The van der Waals surface area contributed by atoms with Crippen molar-refractivity contribution < 1.29 is 5.11 Å². The van der Waals surface area contributed by atoms with Crippen molar-refractivity contribution in [2.75, 3.05) is 6.61 Å². The van der Waals surface area contributed by atoms with Crippen molar-refractivity contribution in [2.24, 2.45) is 5.73 Å². The fraction of sp³-hybridized carbons (Fsp3) is 0.294. The Kier molecular flexibility index (Phi) is 5.13. The standard InChI is InChI=1S/C17H21NO/c18-13-17-9-7-16(8-10-17)12-15-5-3-14(4-6-15)2-1-11-19/h3-10,19H,1-2,11-13,18H2. The van der Waals surface area contributed by atoms with Gasteiger partial charge in [0, 0.05) is 13.2 Å². The minimum Gasteiger partial charge on any atom is -0.396 e. The first kappa shape index (κ1) is 13.8. The molecular weight excluding hydrogens is 234 g/mol. The molecule has 0 aliphatic carbocycles. The molecule has 0 aliphatic heterocycles. The van der Waals surface area contributed by atoms with Gasteiger partial charge in [-0.3, -0.25) is 0 Å². The first-order valence-electron chi connectivity index (χ1n) is 6.78. The Morgan fingerprint density at radius 1 is 0.737 bits per heavy atom. The lowest BCUT2D eigenvalue weighted by Crippen LogP contribution is -1.96. The number of nitrogens with two attached hydrogens (primary N) is 1. The molecule has 2 aromatic rings. The maximum absolute atomic E-state index is 8.81. The van der Waals surface area contributed by atoms with E-state index in [1.54, 1.807) is 0 Å². The first-order chi connectivity index (χ1) is 9.31. The third-order valence-corrected chi connectivity index (χ3v) is 3.31. The number of benzene rings is 2. The zero-order valence-electron chi connectivity index (χ0n) is 11.2. The molecule has 100 valence electrons. The lowest BCUT2D eigenvalue weighted by atomic mass is 10.0. The van der Waals surface area contributed by atoms with E-state index in [9.17, 15) is 0 Å². The molecule has 2 nitrogen and oxygen atoms in total. The molecule has 19 heavy (non-hydrogen) atoms. The molecular formula is C17H21NO. The van der Waals surface area contributed by atoms with Crippen LogP contribution in [-0.4, -0.2) is 11.7 Å². The van der Waals surface area contributed by atoms with Gasteiger partial charge in [0.25, 0.3) is 0 Å². The van der Waals surface area contributed by atoms with Gasteiger partial charge in [-0.15, -0.1) is 0 Å². The quantitative estimate of drug-likeness (QED) is 0.833. The van der Waals surface area contributed by atoms with Crippen LogP contribution in [0.25, 0.3) is 0 Å². The van der Waals surface area contributed by atoms with Crippen LogP contribution in [0.5, 0.6) is 0 Å². The summed E-state index contributed by atoms with van der Waals surface area (Å²) < 4.78 is 0. The third kappa shape index (κ3) is 4.19. The van der Waals surface area contributed by atoms with Gasteiger partial charge in [-0.1, -0.05) is 48.5 Å². The topological polar surface area (TPSA) is 46.2 Å². The van der Waals surface area contributed by atoms with Crippen molar-refractivity contribution >= 4 is 0 Å². The van der Waals surface area contributed by atoms with Crippen LogP contribution >= 0.6 is 0 Å². The fourth-order valence-corrected chi connectivity index (χ4v) is 2.14. The summed E-state index contributed by atoms with van der Waals surface area (Å²) in [5.74, 6) is 0. The SMILES string of the molecule is NCc1ccc(Cc2ccc(CCCO)cc2)cc1. The van der Waals surface area contributed by atoms with E-state index in [0.717, 1.165) is 19.3 Å². The largest absolute Gasteiger partial charge is 0.396 e. The second kappa shape index (κ2) is 7.07. The van der Waals surface area contributed by atoms with Crippen LogP contribution in [0.1, 0.15) is 28.7 Å². The van der Waals surface area contributed by atoms with Crippen molar-refractivity contribution in [3.63, 3.8) is 0 Å². The van der Waals surface area contributed by atoms with Gasteiger partial charge >= 0.3 is 0 Å². The zero-order valence-corrected chi connectivity index (χ0v) is 11.2. The molecule has 0 aliphatic rings. The highest BCUT2D eigenvalue weighted by atomic mass is 16.2. The summed E-state index contributed by atoms with van der Waals surface area (Å²) in [6.45, 7) is 0.856. The van der Waals surface area contributed by atoms with Crippen molar-refractivity contribution in [3.05, 3.63) is 70.8 Å². The predicted octanol–water partition coefficient (Wildman–Crippen LogP) is 2.66. The van der Waals surface area contributed by atoms with Crippen LogP contribution in [0, 0.1) is 0 Å². The molecule has 0 saturated carbocycles. The Bertz CT molecular complexity index is 488. The number of hydrogen-bond donors (Lipinski definition) is 2. The maximum Gasteiger partial charge on any atom is 0.0434 e. The fourth-order valence-electron chi connectivity index (χ4n) is 2.14. The van der Waals surface area contributed by atoms with Crippen molar-refractivity contribution in [2.45, 2.75) is 25.8 Å². The second-order valence-corrected chi connectivity index (χ2v) is 4.84. The summed E-state index contributed by atoms with van der Waals surface area (Å²) >= 11 is 0. The molecule has 0 unspecified atom stereocenters. The van der Waals surface area contributed by atoms with Crippen LogP contribution in [0.3, 0.4) is 0 Å². The number of aryl methyl sites for hydroxylation is 1. The Morgan fingerprint density at radius 3 is 1.68 bits per heavy atom. The van der Waals surface area contributed by atoms with E-state index in [4.69, 9.17) is 10.8 Å². The van der Waals surface area contributed by atoms with Gasteiger partial charge in [0.15, 0.2) is 0 Å². The molecule has 0 radical (unpaired) electrons. The normalized spacial score (nSPS) is 10.6. The van der Waals surface area contributed by atoms with Gasteiger partial charge in [0.2, 0.25) is 0 Å². The molecule has 3 N–H and O–H groups in total. The zero-order chi connectivity index (χ0) is 13.5. The van der Waals surface area contributed by atoms with Gasteiger partial charge in [0.05, 0.1) is 0 Å². The monoisotopic (exact) mass is 255 g/mol. The van der Waals surface area contributed by atoms with Gasteiger partial charge in [-0.25, -0.2) is 0 Å². The summed E-state index contributed by atoms with van der Waals surface area (Å²) in [7, 11) is 0. The lowest BCUT2D eigenvalue weighted by Gasteiger charge is -2.05. The maximum atomic E-state index is 8.81. The molecule has 0 aromatic heterocycles. The first-order valence-corrected chi connectivity index (χ1v) is 6.78. The molecule has 2 rings (SSSR count). The van der Waals surface area contributed by atoms with E-state index in [1.807, 2.05) is 0 Å². The van der Waals surface area contributed by atoms with Crippen molar-refractivity contribution in [1.82, 2.24) is 0 Å². The lowest BCUT2D eigenvalue weighted by molar-refractivity contribution is 0.288. The Morgan fingerprint density at radius 2 is 1.21 bits per heavy atom. The third-order valence-electron chi connectivity index (χ3n) is 3.31. The Balaban J connectivity index is 1.98. The average Bonchev–Trinajstić information content (AvgIpc) is 2.47. The number of rotatable bonds is 6. The van der Waals surface area contributed by atoms with Crippen molar-refractivity contribution in [3.8, 4) is 0 Å². The highest BCUT2D eigenvalue weighted by Gasteiger charge is 1.98.